The molecule has 0 atom stereocenters. The molecule has 1 aromatic heterocycles. The van der Waals surface area contributed by atoms with Gasteiger partial charge in [0, 0.05) is 22.7 Å². The molecule has 0 saturated heterocycles. The van der Waals surface area contributed by atoms with Crippen molar-refractivity contribution in [3.63, 3.8) is 0 Å². The van der Waals surface area contributed by atoms with Gasteiger partial charge >= 0.3 is 0 Å². The second kappa shape index (κ2) is 6.06. The molecule has 5 heteroatoms. The van der Waals surface area contributed by atoms with Crippen LogP contribution in [0, 0.1) is 0 Å². The van der Waals surface area contributed by atoms with Gasteiger partial charge in [-0.1, -0.05) is 41.4 Å². The minimum Gasteiger partial charge on any atom is -0.377 e. The van der Waals surface area contributed by atoms with Crippen LogP contribution < -0.4 is 0 Å². The molecule has 3 rings (SSSR count). The number of para-hydroxylation sites is 2. The second-order valence-electron chi connectivity index (χ2n) is 4.74. The van der Waals surface area contributed by atoms with Crippen LogP contribution >= 0.6 is 23.2 Å². The fourth-order valence-corrected chi connectivity index (χ4v) is 2.90. The molecule has 0 aliphatic rings. The van der Waals surface area contributed by atoms with Crippen LogP contribution in [-0.2, 0) is 17.9 Å². The summed E-state index contributed by atoms with van der Waals surface area (Å²) in [7, 11) is 1.66. The fraction of sp³-hybridized carbons (Fsp3) is 0.188. The van der Waals surface area contributed by atoms with E-state index < -0.39 is 0 Å². The summed E-state index contributed by atoms with van der Waals surface area (Å²) in [6.45, 7) is 1.01. The second-order valence-corrected chi connectivity index (χ2v) is 5.55. The van der Waals surface area contributed by atoms with Crippen LogP contribution in [0.25, 0.3) is 11.0 Å². The maximum atomic E-state index is 6.28. The highest BCUT2D eigenvalue weighted by Gasteiger charge is 2.13. The number of nitrogens with zero attached hydrogens (tertiary/aromatic N) is 2. The van der Waals surface area contributed by atoms with E-state index >= 15 is 0 Å². The van der Waals surface area contributed by atoms with Gasteiger partial charge in [-0.2, -0.15) is 0 Å². The number of fused-ring (bicyclic) bond motifs is 1. The van der Waals surface area contributed by atoms with E-state index in [1.165, 1.54) is 0 Å². The van der Waals surface area contributed by atoms with E-state index in [2.05, 4.69) is 9.55 Å². The van der Waals surface area contributed by atoms with E-state index in [0.29, 0.717) is 23.2 Å². The predicted molar refractivity (Wildman–Crippen MR) is 86.0 cm³/mol. The number of aromatic nitrogens is 2. The molecule has 0 radical (unpaired) electrons. The van der Waals surface area contributed by atoms with E-state index in [1.807, 2.05) is 42.5 Å². The minimum atomic E-state index is 0.441. The normalized spacial score (nSPS) is 11.2. The summed E-state index contributed by atoms with van der Waals surface area (Å²) in [4.78, 5) is 4.61. The topological polar surface area (TPSA) is 27.1 Å². The Hall–Kier alpha value is -1.55. The molecule has 2 aromatic carbocycles. The molecule has 21 heavy (non-hydrogen) atoms. The molecule has 0 unspecified atom stereocenters. The standard InChI is InChI=1S/C16H14Cl2N2O/c1-21-10-16-19-14-7-2-3-8-15(14)20(16)9-11-12(17)5-4-6-13(11)18/h2-8H,9-10H2,1H3. The van der Waals surface area contributed by atoms with Gasteiger partial charge in [0.2, 0.25) is 0 Å². The summed E-state index contributed by atoms with van der Waals surface area (Å²) in [6.07, 6.45) is 0. The number of rotatable bonds is 4. The Morgan fingerprint density at radius 3 is 2.48 bits per heavy atom. The average Bonchev–Trinajstić information content (AvgIpc) is 2.81. The minimum absolute atomic E-state index is 0.441. The highest BCUT2D eigenvalue weighted by atomic mass is 35.5. The largest absolute Gasteiger partial charge is 0.377 e. The Bertz CT molecular complexity index is 763. The Balaban J connectivity index is 2.12. The number of hydrogen-bond donors (Lipinski definition) is 0. The van der Waals surface area contributed by atoms with Gasteiger partial charge in [0.05, 0.1) is 17.6 Å². The molecule has 0 bridgehead atoms. The van der Waals surface area contributed by atoms with Gasteiger partial charge in [0.15, 0.2) is 0 Å². The SMILES string of the molecule is COCc1nc2ccccc2n1Cc1c(Cl)cccc1Cl. The van der Waals surface area contributed by atoms with Gasteiger partial charge < -0.3 is 9.30 Å². The molecule has 0 aliphatic carbocycles. The third-order valence-electron chi connectivity index (χ3n) is 3.38. The number of hydrogen-bond acceptors (Lipinski definition) is 2. The van der Waals surface area contributed by atoms with E-state index in [4.69, 9.17) is 27.9 Å². The molecular weight excluding hydrogens is 307 g/mol. The third kappa shape index (κ3) is 2.77. The molecule has 108 valence electrons. The summed E-state index contributed by atoms with van der Waals surface area (Å²) in [5.74, 6) is 0.856. The lowest BCUT2D eigenvalue weighted by Crippen LogP contribution is -2.07. The van der Waals surface area contributed by atoms with Crippen LogP contribution in [0.4, 0.5) is 0 Å². The Kier molecular flexibility index (Phi) is 4.15. The van der Waals surface area contributed by atoms with Crippen molar-refractivity contribution >= 4 is 34.2 Å². The lowest BCUT2D eigenvalue weighted by atomic mass is 10.2. The van der Waals surface area contributed by atoms with Crippen LogP contribution in [0.3, 0.4) is 0 Å². The first-order valence-corrected chi connectivity index (χ1v) is 7.32. The van der Waals surface area contributed by atoms with Crippen molar-refractivity contribution in [2.24, 2.45) is 0 Å². The van der Waals surface area contributed by atoms with Crippen molar-refractivity contribution in [1.82, 2.24) is 9.55 Å². The van der Waals surface area contributed by atoms with Crippen LogP contribution in [0.1, 0.15) is 11.4 Å². The summed E-state index contributed by atoms with van der Waals surface area (Å²) in [6, 6.07) is 13.5. The predicted octanol–water partition coefficient (Wildman–Crippen LogP) is 4.54. The Labute approximate surface area is 133 Å². The summed E-state index contributed by atoms with van der Waals surface area (Å²) in [5.41, 5.74) is 2.87. The van der Waals surface area contributed by atoms with E-state index in [-0.39, 0.29) is 0 Å². The van der Waals surface area contributed by atoms with Crippen molar-refractivity contribution in [2.75, 3.05) is 7.11 Å². The Morgan fingerprint density at radius 1 is 1.05 bits per heavy atom. The van der Waals surface area contributed by atoms with E-state index in [0.717, 1.165) is 22.4 Å². The molecule has 0 spiro atoms. The van der Waals surface area contributed by atoms with Gasteiger partial charge in [-0.25, -0.2) is 4.98 Å². The number of imidazole rings is 1. The number of halogens is 2. The molecule has 0 fully saturated rings. The van der Waals surface area contributed by atoms with Crippen molar-refractivity contribution in [3.05, 3.63) is 63.9 Å². The zero-order valence-electron chi connectivity index (χ0n) is 11.5. The van der Waals surface area contributed by atoms with E-state index in [9.17, 15) is 0 Å². The van der Waals surface area contributed by atoms with Crippen molar-refractivity contribution < 1.29 is 4.74 Å². The zero-order valence-corrected chi connectivity index (χ0v) is 13.0. The van der Waals surface area contributed by atoms with Crippen LogP contribution in [0.5, 0.6) is 0 Å². The zero-order chi connectivity index (χ0) is 14.8. The third-order valence-corrected chi connectivity index (χ3v) is 4.09. The Morgan fingerprint density at radius 2 is 1.76 bits per heavy atom. The molecule has 1 heterocycles. The summed E-state index contributed by atoms with van der Waals surface area (Å²) in [5, 5.41) is 1.31. The molecule has 0 saturated carbocycles. The lowest BCUT2D eigenvalue weighted by molar-refractivity contribution is 0.175. The van der Waals surface area contributed by atoms with E-state index in [1.54, 1.807) is 7.11 Å². The molecule has 3 nitrogen and oxygen atoms in total. The fourth-order valence-electron chi connectivity index (χ4n) is 2.38. The van der Waals surface area contributed by atoms with Gasteiger partial charge in [-0.05, 0) is 24.3 Å². The van der Waals surface area contributed by atoms with Gasteiger partial charge in [-0.15, -0.1) is 0 Å². The lowest BCUT2D eigenvalue weighted by Gasteiger charge is -2.11. The first-order chi connectivity index (χ1) is 10.2. The van der Waals surface area contributed by atoms with Crippen LogP contribution in [0.15, 0.2) is 42.5 Å². The van der Waals surface area contributed by atoms with Crippen LogP contribution in [0.2, 0.25) is 10.0 Å². The van der Waals surface area contributed by atoms with Crippen molar-refractivity contribution in [2.45, 2.75) is 13.2 Å². The molecule has 0 N–H and O–H groups in total. The molecule has 0 aliphatic heterocycles. The first-order valence-electron chi connectivity index (χ1n) is 6.56. The highest BCUT2D eigenvalue weighted by Crippen LogP contribution is 2.27. The smallest absolute Gasteiger partial charge is 0.136 e. The number of ether oxygens (including phenoxy) is 1. The first kappa shape index (κ1) is 14.4. The van der Waals surface area contributed by atoms with Crippen LogP contribution in [-0.4, -0.2) is 16.7 Å². The highest BCUT2D eigenvalue weighted by molar-refractivity contribution is 6.36. The molecular formula is C16H14Cl2N2O. The van der Waals surface area contributed by atoms with Gasteiger partial charge in [0.25, 0.3) is 0 Å². The maximum Gasteiger partial charge on any atom is 0.136 e. The average molecular weight is 321 g/mol. The van der Waals surface area contributed by atoms with Crippen molar-refractivity contribution in [1.29, 1.82) is 0 Å². The maximum absolute atomic E-state index is 6.28. The summed E-state index contributed by atoms with van der Waals surface area (Å²) >= 11 is 12.6. The molecule has 0 amide bonds. The van der Waals surface area contributed by atoms with Gasteiger partial charge in [-0.3, -0.25) is 0 Å². The molecule has 3 aromatic rings. The van der Waals surface area contributed by atoms with Crippen molar-refractivity contribution in [3.8, 4) is 0 Å². The monoisotopic (exact) mass is 320 g/mol. The van der Waals surface area contributed by atoms with Gasteiger partial charge in [0.1, 0.15) is 12.4 Å². The summed E-state index contributed by atoms with van der Waals surface area (Å²) < 4.78 is 7.34. The quantitative estimate of drug-likeness (QED) is 0.705. The number of methoxy groups -OCH3 is 1. The number of benzene rings is 2.